The number of amides is 2. The maximum absolute atomic E-state index is 12.3. The van der Waals surface area contributed by atoms with Crippen molar-refractivity contribution >= 4 is 35.8 Å². The minimum Gasteiger partial charge on any atom is -0.339 e. The van der Waals surface area contributed by atoms with Crippen LogP contribution >= 0.6 is 24.0 Å². The molecule has 2 amide bonds. The molecule has 1 saturated heterocycles. The van der Waals surface area contributed by atoms with Gasteiger partial charge in [-0.05, 0) is 24.1 Å². The van der Waals surface area contributed by atoms with E-state index in [1.165, 1.54) is 0 Å². The molecule has 5 nitrogen and oxygen atoms in total. The molecule has 0 bridgehead atoms. The average molecular weight is 346 g/mol. The fourth-order valence-electron chi connectivity index (χ4n) is 2.48. The molecule has 1 aromatic carbocycles. The molecule has 2 N–H and O–H groups in total. The van der Waals surface area contributed by atoms with Crippen molar-refractivity contribution in [2.24, 2.45) is 5.73 Å². The van der Waals surface area contributed by atoms with E-state index in [4.69, 9.17) is 17.3 Å². The van der Waals surface area contributed by atoms with Gasteiger partial charge >= 0.3 is 0 Å². The summed E-state index contributed by atoms with van der Waals surface area (Å²) in [6, 6.07) is 6.79. The van der Waals surface area contributed by atoms with Crippen molar-refractivity contribution in [2.45, 2.75) is 19.4 Å². The van der Waals surface area contributed by atoms with Gasteiger partial charge in [-0.1, -0.05) is 23.7 Å². The molecule has 1 fully saturated rings. The van der Waals surface area contributed by atoms with Crippen LogP contribution in [0.5, 0.6) is 0 Å². The highest BCUT2D eigenvalue weighted by Gasteiger charge is 2.26. The lowest BCUT2D eigenvalue weighted by molar-refractivity contribution is -0.139. The predicted octanol–water partition coefficient (Wildman–Crippen LogP) is 1.32. The van der Waals surface area contributed by atoms with Gasteiger partial charge in [0.25, 0.3) is 0 Å². The Morgan fingerprint density at radius 1 is 1.23 bits per heavy atom. The number of halogens is 2. The highest BCUT2D eigenvalue weighted by Crippen LogP contribution is 2.13. The van der Waals surface area contributed by atoms with Crippen molar-refractivity contribution in [3.63, 3.8) is 0 Å². The number of carbonyl (C=O) groups excluding carboxylic acids is 2. The molecule has 122 valence electrons. The molecular formula is C15H21Cl2N3O2. The minimum atomic E-state index is -0.577. The molecule has 1 atom stereocenters. The third-order valence-electron chi connectivity index (χ3n) is 3.70. The van der Waals surface area contributed by atoms with E-state index in [-0.39, 0.29) is 24.2 Å². The van der Waals surface area contributed by atoms with E-state index in [1.54, 1.807) is 22.8 Å². The van der Waals surface area contributed by atoms with Gasteiger partial charge in [0.05, 0.1) is 6.04 Å². The average Bonchev–Trinajstić information content (AvgIpc) is 2.46. The SMILES string of the molecule is CC(=O)N1CCN(C(=O)C(N)Cc2cccc(Cl)c2)CC1.Cl. The number of benzene rings is 1. The summed E-state index contributed by atoms with van der Waals surface area (Å²) >= 11 is 5.93. The molecule has 2 rings (SSSR count). The van der Waals surface area contributed by atoms with Crippen molar-refractivity contribution in [1.29, 1.82) is 0 Å². The summed E-state index contributed by atoms with van der Waals surface area (Å²) in [5.74, 6) is -0.0245. The highest BCUT2D eigenvalue weighted by atomic mass is 35.5. The summed E-state index contributed by atoms with van der Waals surface area (Å²) in [4.78, 5) is 27.1. The third-order valence-corrected chi connectivity index (χ3v) is 3.93. The van der Waals surface area contributed by atoms with Gasteiger partial charge in [-0.3, -0.25) is 9.59 Å². The monoisotopic (exact) mass is 345 g/mol. The van der Waals surface area contributed by atoms with E-state index in [0.29, 0.717) is 37.6 Å². The number of nitrogens with zero attached hydrogens (tertiary/aromatic N) is 2. The van der Waals surface area contributed by atoms with Gasteiger partial charge in [0.2, 0.25) is 11.8 Å². The summed E-state index contributed by atoms with van der Waals surface area (Å²) < 4.78 is 0. The molecule has 22 heavy (non-hydrogen) atoms. The van der Waals surface area contributed by atoms with E-state index < -0.39 is 6.04 Å². The number of hydrogen-bond donors (Lipinski definition) is 1. The first-order valence-corrected chi connectivity index (χ1v) is 7.39. The number of hydrogen-bond acceptors (Lipinski definition) is 3. The predicted molar refractivity (Wildman–Crippen MR) is 89.2 cm³/mol. The van der Waals surface area contributed by atoms with Crippen LogP contribution in [0.15, 0.2) is 24.3 Å². The summed E-state index contributed by atoms with van der Waals surface area (Å²) in [5.41, 5.74) is 6.96. The zero-order valence-corrected chi connectivity index (χ0v) is 14.1. The molecule has 0 aromatic heterocycles. The Morgan fingerprint density at radius 2 is 1.82 bits per heavy atom. The van der Waals surface area contributed by atoms with Crippen LogP contribution in [0.1, 0.15) is 12.5 Å². The van der Waals surface area contributed by atoms with Crippen LogP contribution in [0.25, 0.3) is 0 Å². The molecule has 1 heterocycles. The first-order chi connectivity index (χ1) is 9.97. The van der Waals surface area contributed by atoms with Gasteiger partial charge in [-0.2, -0.15) is 0 Å². The third kappa shape index (κ3) is 4.87. The first-order valence-electron chi connectivity index (χ1n) is 7.01. The van der Waals surface area contributed by atoms with E-state index in [0.717, 1.165) is 5.56 Å². The first kappa shape index (κ1) is 18.7. The Labute approximate surface area is 141 Å². The second-order valence-corrected chi connectivity index (χ2v) is 5.71. The van der Waals surface area contributed by atoms with Gasteiger partial charge in [0.15, 0.2) is 0 Å². The molecule has 0 spiro atoms. The normalized spacial score (nSPS) is 16.0. The molecule has 1 aromatic rings. The molecule has 1 aliphatic rings. The molecule has 1 unspecified atom stereocenters. The topological polar surface area (TPSA) is 66.6 Å². The van der Waals surface area contributed by atoms with Crippen molar-refractivity contribution < 1.29 is 9.59 Å². The van der Waals surface area contributed by atoms with Crippen LogP contribution < -0.4 is 5.73 Å². The van der Waals surface area contributed by atoms with Crippen molar-refractivity contribution in [3.8, 4) is 0 Å². The van der Waals surface area contributed by atoms with Crippen LogP contribution in [0.3, 0.4) is 0 Å². The molecular weight excluding hydrogens is 325 g/mol. The van der Waals surface area contributed by atoms with Gasteiger partial charge in [0, 0.05) is 38.1 Å². The smallest absolute Gasteiger partial charge is 0.239 e. The number of nitrogens with two attached hydrogens (primary N) is 1. The van der Waals surface area contributed by atoms with Crippen molar-refractivity contribution in [2.75, 3.05) is 26.2 Å². The van der Waals surface area contributed by atoms with E-state index >= 15 is 0 Å². The molecule has 1 aliphatic heterocycles. The van der Waals surface area contributed by atoms with Crippen LogP contribution in [0.2, 0.25) is 5.02 Å². The Kier molecular flexibility index (Phi) is 7.13. The van der Waals surface area contributed by atoms with E-state index in [1.807, 2.05) is 18.2 Å². The van der Waals surface area contributed by atoms with Gasteiger partial charge in [0.1, 0.15) is 0 Å². The highest BCUT2D eigenvalue weighted by molar-refractivity contribution is 6.30. The van der Waals surface area contributed by atoms with E-state index in [2.05, 4.69) is 0 Å². The number of piperazine rings is 1. The summed E-state index contributed by atoms with van der Waals surface area (Å²) in [5, 5.41) is 0.641. The fourth-order valence-corrected chi connectivity index (χ4v) is 2.69. The van der Waals surface area contributed by atoms with Crippen LogP contribution in [0, 0.1) is 0 Å². The molecule has 7 heteroatoms. The second-order valence-electron chi connectivity index (χ2n) is 5.27. The summed E-state index contributed by atoms with van der Waals surface area (Å²) in [6.07, 6.45) is 0.465. The van der Waals surface area contributed by atoms with Gasteiger partial charge < -0.3 is 15.5 Å². The Morgan fingerprint density at radius 3 is 2.36 bits per heavy atom. The van der Waals surface area contributed by atoms with Crippen LogP contribution in [0.4, 0.5) is 0 Å². The molecule has 0 radical (unpaired) electrons. The second kappa shape index (κ2) is 8.36. The number of carbonyl (C=O) groups is 2. The number of rotatable bonds is 3. The standard InChI is InChI=1S/C15H20ClN3O2.ClH/c1-11(20)18-5-7-19(8-6-18)15(21)14(17)10-12-3-2-4-13(16)9-12;/h2-4,9,14H,5-8,10,17H2,1H3;1H. The van der Waals surface area contributed by atoms with Crippen molar-refractivity contribution in [1.82, 2.24) is 9.80 Å². The summed E-state index contributed by atoms with van der Waals surface area (Å²) in [7, 11) is 0. The zero-order valence-electron chi connectivity index (χ0n) is 12.5. The zero-order chi connectivity index (χ0) is 15.4. The minimum absolute atomic E-state index is 0. The van der Waals surface area contributed by atoms with Gasteiger partial charge in [-0.15, -0.1) is 12.4 Å². The maximum atomic E-state index is 12.3. The lowest BCUT2D eigenvalue weighted by Crippen LogP contribution is -2.54. The fraction of sp³-hybridized carbons (Fsp3) is 0.467. The van der Waals surface area contributed by atoms with E-state index in [9.17, 15) is 9.59 Å². The van der Waals surface area contributed by atoms with Gasteiger partial charge in [-0.25, -0.2) is 0 Å². The largest absolute Gasteiger partial charge is 0.339 e. The Hall–Kier alpha value is -1.30. The quantitative estimate of drug-likeness (QED) is 0.898. The Balaban J connectivity index is 0.00000242. The lowest BCUT2D eigenvalue weighted by atomic mass is 10.1. The summed E-state index contributed by atoms with van der Waals surface area (Å²) in [6.45, 7) is 3.78. The maximum Gasteiger partial charge on any atom is 0.239 e. The molecule has 0 saturated carbocycles. The Bertz CT molecular complexity index is 531. The molecule has 0 aliphatic carbocycles. The van der Waals surface area contributed by atoms with Crippen LogP contribution in [-0.2, 0) is 16.0 Å². The lowest BCUT2D eigenvalue weighted by Gasteiger charge is -2.35. The van der Waals surface area contributed by atoms with Crippen LogP contribution in [-0.4, -0.2) is 53.8 Å². The van der Waals surface area contributed by atoms with Crippen molar-refractivity contribution in [3.05, 3.63) is 34.9 Å².